The van der Waals surface area contributed by atoms with Crippen molar-refractivity contribution in [2.24, 2.45) is 7.05 Å². The number of halogens is 2. The van der Waals surface area contributed by atoms with Gasteiger partial charge in [-0.3, -0.25) is 9.35 Å². The summed E-state index contributed by atoms with van der Waals surface area (Å²) in [5, 5.41) is 0.0985. The van der Waals surface area contributed by atoms with E-state index in [0.29, 0.717) is 16.7 Å². The van der Waals surface area contributed by atoms with E-state index in [4.69, 9.17) is 16.2 Å². The second kappa shape index (κ2) is 12.7. The van der Waals surface area contributed by atoms with Crippen LogP contribution in [0.3, 0.4) is 0 Å². The van der Waals surface area contributed by atoms with E-state index in [-0.39, 0.29) is 38.9 Å². The summed E-state index contributed by atoms with van der Waals surface area (Å²) < 4.78 is 80.4. The standard InChI is InChI=1S/C26H31ClFN3O6S3/c1-16(30-38(33)26(2,3)4)20-13-25(32)31(5)15-22(20)21-12-17(10-11-29-39(34)35)23(27)14-24(21)40(36,37)19-8-6-18(28)7-9-19/h6-9,12-16,29-30H,10-11H2,1-5H3,(H,34,35)/t16-,38-/m0/s1. The number of rotatable bonds is 10. The second-order valence-corrected chi connectivity index (χ2v) is 15.2. The summed E-state index contributed by atoms with van der Waals surface area (Å²) in [6.45, 7) is 7.16. The Morgan fingerprint density at radius 1 is 1.10 bits per heavy atom. The van der Waals surface area contributed by atoms with Gasteiger partial charge in [0.2, 0.25) is 21.1 Å². The van der Waals surface area contributed by atoms with E-state index in [9.17, 15) is 26.0 Å². The number of benzene rings is 2. The van der Waals surface area contributed by atoms with Gasteiger partial charge in [-0.15, -0.1) is 0 Å². The molecular formula is C26H31ClFN3O6S3. The van der Waals surface area contributed by atoms with Crippen LogP contribution in [0.4, 0.5) is 4.39 Å². The number of sulfone groups is 1. The van der Waals surface area contributed by atoms with E-state index in [0.717, 1.165) is 24.3 Å². The van der Waals surface area contributed by atoms with E-state index in [1.54, 1.807) is 33.8 Å². The first-order valence-corrected chi connectivity index (χ1v) is 16.2. The third-order valence-electron chi connectivity index (χ3n) is 6.04. The van der Waals surface area contributed by atoms with E-state index in [1.807, 2.05) is 0 Å². The van der Waals surface area contributed by atoms with E-state index in [2.05, 4.69) is 9.44 Å². The molecule has 14 heteroatoms. The topological polar surface area (TPSA) is 135 Å². The molecule has 0 aliphatic rings. The number of hydrogen-bond donors (Lipinski definition) is 3. The fourth-order valence-corrected chi connectivity index (χ4v) is 6.75. The van der Waals surface area contributed by atoms with Gasteiger partial charge in [0.25, 0.3) is 5.56 Å². The minimum Gasteiger partial charge on any atom is -0.318 e. The third-order valence-corrected chi connectivity index (χ3v) is 10.3. The van der Waals surface area contributed by atoms with Crippen LogP contribution in [0.15, 0.2) is 63.2 Å². The Labute approximate surface area is 243 Å². The first kappa shape index (κ1) is 32.3. The van der Waals surface area contributed by atoms with Crippen LogP contribution in [0.5, 0.6) is 0 Å². The number of hydrogen-bond acceptors (Lipinski definition) is 5. The maximum Gasteiger partial charge on any atom is 0.250 e. The molecule has 0 spiro atoms. The number of nitrogens with one attached hydrogen (secondary N) is 2. The third kappa shape index (κ3) is 7.52. The molecule has 0 saturated heterocycles. The first-order chi connectivity index (χ1) is 18.5. The van der Waals surface area contributed by atoms with Crippen LogP contribution in [0.25, 0.3) is 11.1 Å². The minimum absolute atomic E-state index is 0.0645. The molecule has 2 aromatic carbocycles. The Balaban J connectivity index is 2.31. The molecule has 9 nitrogen and oxygen atoms in total. The van der Waals surface area contributed by atoms with Crippen LogP contribution >= 0.6 is 11.6 Å². The van der Waals surface area contributed by atoms with Crippen molar-refractivity contribution in [3.8, 4) is 11.1 Å². The van der Waals surface area contributed by atoms with Gasteiger partial charge < -0.3 is 4.57 Å². The molecule has 3 atom stereocenters. The normalized spacial score (nSPS) is 14.6. The fraction of sp³-hybridized carbons (Fsp3) is 0.346. The van der Waals surface area contributed by atoms with Crippen molar-refractivity contribution in [3.63, 3.8) is 0 Å². The van der Waals surface area contributed by atoms with E-state index >= 15 is 0 Å². The van der Waals surface area contributed by atoms with Crippen molar-refractivity contribution >= 4 is 43.7 Å². The zero-order valence-corrected chi connectivity index (χ0v) is 25.7. The summed E-state index contributed by atoms with van der Waals surface area (Å²) in [5.74, 6) is -0.603. The highest BCUT2D eigenvalue weighted by Crippen LogP contribution is 2.38. The van der Waals surface area contributed by atoms with Gasteiger partial charge in [-0.2, -0.15) is 0 Å². The smallest absolute Gasteiger partial charge is 0.250 e. The fourth-order valence-electron chi connectivity index (χ4n) is 3.87. The Morgan fingerprint density at radius 3 is 2.30 bits per heavy atom. The highest BCUT2D eigenvalue weighted by molar-refractivity contribution is 7.91. The molecule has 0 aliphatic carbocycles. The maximum atomic E-state index is 13.8. The van der Waals surface area contributed by atoms with Crippen LogP contribution in [0.1, 0.15) is 44.9 Å². The zero-order chi connectivity index (χ0) is 30.0. The van der Waals surface area contributed by atoms with Crippen molar-refractivity contribution in [2.45, 2.75) is 54.7 Å². The average molecular weight is 632 g/mol. The van der Waals surface area contributed by atoms with Crippen LogP contribution in [-0.2, 0) is 45.6 Å². The number of aryl methyl sites for hydroxylation is 1. The Bertz CT molecular complexity index is 1620. The summed E-state index contributed by atoms with van der Waals surface area (Å²) in [5.41, 5.74) is 1.09. The van der Waals surface area contributed by atoms with Crippen LogP contribution < -0.4 is 15.0 Å². The van der Waals surface area contributed by atoms with Crippen molar-refractivity contribution in [2.75, 3.05) is 6.54 Å². The quantitative estimate of drug-likeness (QED) is 0.228. The van der Waals surface area contributed by atoms with Crippen LogP contribution in [-0.4, -0.2) is 37.2 Å². The molecule has 0 fully saturated rings. The van der Waals surface area contributed by atoms with Gasteiger partial charge in [0.15, 0.2) is 0 Å². The van der Waals surface area contributed by atoms with Gasteiger partial charge in [0, 0.05) is 48.0 Å². The predicted molar refractivity (Wildman–Crippen MR) is 156 cm³/mol. The number of pyridine rings is 1. The lowest BCUT2D eigenvalue weighted by Gasteiger charge is -2.25. The zero-order valence-electron chi connectivity index (χ0n) is 22.5. The maximum absolute atomic E-state index is 13.8. The molecule has 1 unspecified atom stereocenters. The molecule has 3 N–H and O–H groups in total. The lowest BCUT2D eigenvalue weighted by Crippen LogP contribution is -2.35. The molecule has 40 heavy (non-hydrogen) atoms. The molecule has 3 aromatic rings. The Kier molecular flexibility index (Phi) is 10.3. The summed E-state index contributed by atoms with van der Waals surface area (Å²) in [7, 11) is -4.23. The van der Waals surface area contributed by atoms with Gasteiger partial charge in [0.05, 0.1) is 25.5 Å². The molecule has 3 rings (SSSR count). The van der Waals surface area contributed by atoms with E-state index in [1.165, 1.54) is 29.9 Å². The van der Waals surface area contributed by atoms with Crippen LogP contribution in [0, 0.1) is 5.82 Å². The van der Waals surface area contributed by atoms with Gasteiger partial charge in [-0.25, -0.2) is 30.7 Å². The van der Waals surface area contributed by atoms with Crippen molar-refractivity contribution < 1.29 is 25.8 Å². The molecule has 0 aliphatic heterocycles. The number of aromatic nitrogens is 1. The first-order valence-electron chi connectivity index (χ1n) is 12.1. The minimum atomic E-state index is -4.24. The molecule has 1 aromatic heterocycles. The Hall–Kier alpha value is -2.26. The average Bonchev–Trinajstić information content (AvgIpc) is 2.85. The Morgan fingerprint density at radius 2 is 1.73 bits per heavy atom. The largest absolute Gasteiger partial charge is 0.318 e. The molecule has 0 bridgehead atoms. The van der Waals surface area contributed by atoms with Gasteiger partial charge >= 0.3 is 0 Å². The summed E-state index contributed by atoms with van der Waals surface area (Å²) in [6.07, 6.45) is 1.67. The summed E-state index contributed by atoms with van der Waals surface area (Å²) >= 11 is 4.25. The van der Waals surface area contributed by atoms with Gasteiger partial charge in [0.1, 0.15) is 5.82 Å². The highest BCUT2D eigenvalue weighted by Gasteiger charge is 2.28. The second-order valence-electron chi connectivity index (χ2n) is 10.1. The monoisotopic (exact) mass is 631 g/mol. The van der Waals surface area contributed by atoms with Crippen LogP contribution in [0.2, 0.25) is 5.02 Å². The lowest BCUT2D eigenvalue weighted by molar-refractivity contribution is 0.549. The SMILES string of the molecule is C[C@H](N[S@@](=O)C(C)(C)C)c1cc(=O)n(C)cc1-c1cc(CCNS(=O)O)c(Cl)cc1S(=O)(=O)c1ccc(F)cc1. The molecule has 0 radical (unpaired) electrons. The molecule has 0 saturated carbocycles. The lowest BCUT2D eigenvalue weighted by atomic mass is 9.95. The van der Waals surface area contributed by atoms with Gasteiger partial charge in [-0.05, 0) is 81.6 Å². The molecule has 0 amide bonds. The predicted octanol–water partition coefficient (Wildman–Crippen LogP) is 4.06. The highest BCUT2D eigenvalue weighted by atomic mass is 35.5. The molecular weight excluding hydrogens is 601 g/mol. The molecule has 218 valence electrons. The van der Waals surface area contributed by atoms with E-state index < -0.39 is 48.7 Å². The van der Waals surface area contributed by atoms with Crippen molar-refractivity contribution in [1.29, 1.82) is 0 Å². The van der Waals surface area contributed by atoms with Gasteiger partial charge in [-0.1, -0.05) is 11.6 Å². The van der Waals surface area contributed by atoms with Crippen molar-refractivity contribution in [1.82, 2.24) is 14.0 Å². The number of nitrogens with zero attached hydrogens (tertiary/aromatic N) is 1. The summed E-state index contributed by atoms with van der Waals surface area (Å²) in [4.78, 5) is 12.3. The molecule has 1 heterocycles. The summed E-state index contributed by atoms with van der Waals surface area (Å²) in [6, 6.07) is 7.92. The van der Waals surface area contributed by atoms with Crippen molar-refractivity contribution in [3.05, 3.63) is 81.0 Å².